The zero-order valence-corrected chi connectivity index (χ0v) is 48.6. The Kier molecular flexibility index (Phi) is 10.5. The molecule has 0 amide bonds. The number of fused-ring (bicyclic) bond motifs is 9. The van der Waals surface area contributed by atoms with Crippen molar-refractivity contribution in [3.8, 4) is 0 Å². The number of anilines is 5. The van der Waals surface area contributed by atoms with E-state index in [1.54, 1.807) is 5.57 Å². The van der Waals surface area contributed by atoms with Crippen molar-refractivity contribution in [3.05, 3.63) is 147 Å². The third-order valence-corrected chi connectivity index (χ3v) is 20.4. The van der Waals surface area contributed by atoms with Gasteiger partial charge in [-0.25, -0.2) is 0 Å². The summed E-state index contributed by atoms with van der Waals surface area (Å²) in [5, 5.41) is 1.26. The Morgan fingerprint density at radius 2 is 1.08 bits per heavy atom. The Morgan fingerprint density at radius 1 is 0.514 bits per heavy atom. The standard InChI is InChI=1S/C70H85BN2O/c1-63(2,3)43-24-27-55-54(34-43)71-60-47-39-51-53(70(17,18)33-31-68(51,13)14)41-59(47)74-62(60)72(45-25-26-48-49(37-45)66(9,10)29-28-65(48,7)8)57-35-44(64(4,5)6)36-58(61(57)71)73(55)56-40-52-50(67(11,12)30-32-69(52,15)16)38-46(56)42-22-20-19-21-23-42/h19-27,34-37,39-41,50H,28-33,38H2,1-18H3. The largest absolute Gasteiger partial charge is 0.440 e. The molecule has 0 radical (unpaired) electrons. The molecular formula is C70H85BN2O. The van der Waals surface area contributed by atoms with Crippen LogP contribution in [-0.4, -0.2) is 6.71 Å². The normalized spacial score (nSPS) is 22.5. The van der Waals surface area contributed by atoms with Gasteiger partial charge in [-0.05, 0) is 198 Å². The number of hydrogen-bond donors (Lipinski definition) is 0. The Hall–Kier alpha value is -5.22. The molecule has 4 heteroatoms. The molecule has 74 heavy (non-hydrogen) atoms. The Balaban J connectivity index is 1.25. The van der Waals surface area contributed by atoms with Crippen molar-refractivity contribution >= 4 is 68.3 Å². The van der Waals surface area contributed by atoms with Gasteiger partial charge in [0.2, 0.25) is 5.88 Å². The van der Waals surface area contributed by atoms with Gasteiger partial charge in [0, 0.05) is 39.3 Å². The lowest BCUT2D eigenvalue weighted by Crippen LogP contribution is -2.62. The van der Waals surface area contributed by atoms with E-state index in [9.17, 15) is 0 Å². The van der Waals surface area contributed by atoms with E-state index in [-0.39, 0.29) is 50.0 Å². The van der Waals surface area contributed by atoms with Gasteiger partial charge in [-0.1, -0.05) is 179 Å². The highest BCUT2D eigenvalue weighted by molar-refractivity contribution is 7.01. The van der Waals surface area contributed by atoms with E-state index in [0.717, 1.165) is 37.2 Å². The predicted molar refractivity (Wildman–Crippen MR) is 318 cm³/mol. The number of nitrogens with zero attached hydrogens (tertiary/aromatic N) is 2. The Bertz CT molecular complexity index is 3400. The van der Waals surface area contributed by atoms with Gasteiger partial charge in [0.1, 0.15) is 5.58 Å². The molecule has 5 aromatic carbocycles. The van der Waals surface area contributed by atoms with Crippen molar-refractivity contribution in [1.29, 1.82) is 0 Å². The first-order valence-corrected chi connectivity index (χ1v) is 28.6. The van der Waals surface area contributed by atoms with Crippen molar-refractivity contribution in [2.75, 3.05) is 9.80 Å². The molecule has 0 spiro atoms. The Labute approximate surface area is 446 Å². The van der Waals surface area contributed by atoms with E-state index >= 15 is 0 Å². The molecule has 2 aliphatic heterocycles. The lowest BCUT2D eigenvalue weighted by atomic mass is 9.33. The van der Waals surface area contributed by atoms with Gasteiger partial charge in [0.15, 0.2) is 0 Å². The fourth-order valence-corrected chi connectivity index (χ4v) is 14.9. The maximum Gasteiger partial charge on any atom is 0.257 e. The van der Waals surface area contributed by atoms with Crippen LogP contribution < -0.4 is 26.2 Å². The third kappa shape index (κ3) is 7.39. The molecule has 0 bridgehead atoms. The molecule has 1 saturated carbocycles. The van der Waals surface area contributed by atoms with Crippen molar-refractivity contribution in [2.45, 2.75) is 202 Å². The molecule has 384 valence electrons. The van der Waals surface area contributed by atoms with Crippen LogP contribution in [0.3, 0.4) is 0 Å². The second-order valence-electron chi connectivity index (χ2n) is 30.2. The average Bonchev–Trinajstić information content (AvgIpc) is 3.76. The zero-order chi connectivity index (χ0) is 52.8. The summed E-state index contributed by atoms with van der Waals surface area (Å²) in [4.78, 5) is 5.37. The zero-order valence-electron chi connectivity index (χ0n) is 48.6. The minimum atomic E-state index is -0.150. The van der Waals surface area contributed by atoms with Gasteiger partial charge in [-0.15, -0.1) is 0 Å². The van der Waals surface area contributed by atoms with Gasteiger partial charge >= 0.3 is 0 Å². The van der Waals surface area contributed by atoms with Gasteiger partial charge < -0.3 is 9.32 Å². The lowest BCUT2D eigenvalue weighted by molar-refractivity contribution is 0.125. The molecule has 12 rings (SSSR count). The van der Waals surface area contributed by atoms with Gasteiger partial charge in [-0.3, -0.25) is 4.90 Å². The van der Waals surface area contributed by atoms with Crippen LogP contribution in [0.15, 0.2) is 113 Å². The van der Waals surface area contributed by atoms with Crippen molar-refractivity contribution < 1.29 is 4.42 Å². The van der Waals surface area contributed by atoms with Crippen LogP contribution in [0, 0.1) is 16.7 Å². The molecule has 6 aromatic rings. The first kappa shape index (κ1) is 49.6. The number of allylic oxidation sites excluding steroid dienone is 3. The van der Waals surface area contributed by atoms with Crippen LogP contribution in [0.1, 0.15) is 209 Å². The molecular weight excluding hydrogens is 896 g/mol. The first-order chi connectivity index (χ1) is 34.4. The monoisotopic (exact) mass is 981 g/mol. The van der Waals surface area contributed by atoms with E-state index in [1.807, 2.05) is 0 Å². The minimum absolute atomic E-state index is 0.0337. The molecule has 1 atom stereocenters. The van der Waals surface area contributed by atoms with E-state index < -0.39 is 0 Å². The van der Waals surface area contributed by atoms with E-state index in [2.05, 4.69) is 231 Å². The van der Waals surface area contributed by atoms with Gasteiger partial charge in [0.05, 0.1) is 0 Å². The molecule has 4 aliphatic carbocycles. The van der Waals surface area contributed by atoms with E-state index in [0.29, 0.717) is 5.92 Å². The van der Waals surface area contributed by atoms with Crippen LogP contribution in [-0.2, 0) is 32.5 Å². The van der Waals surface area contributed by atoms with Crippen molar-refractivity contribution in [3.63, 3.8) is 0 Å². The minimum Gasteiger partial charge on any atom is -0.440 e. The summed E-state index contributed by atoms with van der Waals surface area (Å²) < 4.78 is 7.73. The fraction of sp³-hybridized carbons (Fsp3) is 0.486. The van der Waals surface area contributed by atoms with Gasteiger partial charge in [0.25, 0.3) is 6.71 Å². The maximum absolute atomic E-state index is 7.73. The summed E-state index contributed by atoms with van der Waals surface area (Å²) >= 11 is 0. The molecule has 1 aromatic heterocycles. The third-order valence-electron chi connectivity index (χ3n) is 20.4. The second kappa shape index (κ2) is 15.7. The molecule has 1 unspecified atom stereocenters. The highest BCUT2D eigenvalue weighted by Gasteiger charge is 2.51. The van der Waals surface area contributed by atoms with Crippen LogP contribution >= 0.6 is 0 Å². The summed E-state index contributed by atoms with van der Waals surface area (Å²) in [6.45, 7) is 44.1. The predicted octanol–water partition coefficient (Wildman–Crippen LogP) is 17.7. The lowest BCUT2D eigenvalue weighted by Gasteiger charge is -2.52. The summed E-state index contributed by atoms with van der Waals surface area (Å²) in [7, 11) is 0. The maximum atomic E-state index is 7.73. The Morgan fingerprint density at radius 3 is 1.70 bits per heavy atom. The summed E-state index contributed by atoms with van der Waals surface area (Å²) in [5.74, 6) is 1.42. The topological polar surface area (TPSA) is 19.6 Å². The molecule has 3 nitrogen and oxygen atoms in total. The second-order valence-corrected chi connectivity index (χ2v) is 30.2. The molecule has 3 heterocycles. The van der Waals surface area contributed by atoms with E-state index in [1.165, 1.54) is 114 Å². The molecule has 1 fully saturated rings. The van der Waals surface area contributed by atoms with E-state index in [4.69, 9.17) is 4.42 Å². The highest BCUT2D eigenvalue weighted by Crippen LogP contribution is 2.59. The number of hydrogen-bond acceptors (Lipinski definition) is 3. The van der Waals surface area contributed by atoms with Crippen LogP contribution in [0.4, 0.5) is 28.6 Å². The van der Waals surface area contributed by atoms with Crippen molar-refractivity contribution in [2.24, 2.45) is 16.7 Å². The first-order valence-electron chi connectivity index (χ1n) is 28.6. The fourth-order valence-electron chi connectivity index (χ4n) is 14.9. The van der Waals surface area contributed by atoms with Gasteiger partial charge in [-0.2, -0.15) is 0 Å². The summed E-state index contributed by atoms with van der Waals surface area (Å²) in [5.41, 5.74) is 24.6. The number of benzene rings is 5. The SMILES string of the molecule is CC1(C)CCC(C)(C)C2CC(c3ccccc3)=C(N3c4ccc(C(C)(C)C)cc4B4c5c3cc(C(C)(C)C)cc5N(c3ccc5c(c3)C(C)(C)CCC5(C)C)c3oc5cc6c(cc5c34)C(C)(C)CCC6(C)C)C=C21. The average molecular weight is 981 g/mol. The summed E-state index contributed by atoms with van der Waals surface area (Å²) in [6.07, 6.45) is 10.8. The number of rotatable bonds is 3. The quantitative estimate of drug-likeness (QED) is 0.165. The highest BCUT2D eigenvalue weighted by atomic mass is 16.4. The molecule has 0 saturated heterocycles. The number of furan rings is 1. The molecule has 0 N–H and O–H groups in total. The van der Waals surface area contributed by atoms with Crippen molar-refractivity contribution in [1.82, 2.24) is 0 Å². The smallest absolute Gasteiger partial charge is 0.257 e. The molecule has 6 aliphatic rings. The summed E-state index contributed by atoms with van der Waals surface area (Å²) in [6, 6.07) is 36.7. The van der Waals surface area contributed by atoms with Crippen LogP contribution in [0.2, 0.25) is 0 Å². The van der Waals surface area contributed by atoms with Crippen LogP contribution in [0.5, 0.6) is 0 Å². The van der Waals surface area contributed by atoms with Crippen LogP contribution in [0.25, 0.3) is 16.5 Å².